The Morgan fingerprint density at radius 1 is 1.24 bits per heavy atom. The highest BCUT2D eigenvalue weighted by atomic mass is 35.5. The molecule has 1 unspecified atom stereocenters. The quantitative estimate of drug-likeness (QED) is 0.830. The van der Waals surface area contributed by atoms with Gasteiger partial charge in [-0.3, -0.25) is 4.90 Å². The molecular formula is C16H24Cl2N2O. The number of halogens is 2. The van der Waals surface area contributed by atoms with Crippen LogP contribution in [0.1, 0.15) is 32.3 Å². The molecule has 1 aliphatic heterocycles. The summed E-state index contributed by atoms with van der Waals surface area (Å²) in [6.45, 7) is 8.39. The van der Waals surface area contributed by atoms with Crippen molar-refractivity contribution in [2.75, 3.05) is 19.6 Å². The van der Waals surface area contributed by atoms with E-state index >= 15 is 0 Å². The number of rotatable bonds is 6. The number of phenolic OH excluding ortho intramolecular Hbond substituents is 1. The van der Waals surface area contributed by atoms with Gasteiger partial charge in [0, 0.05) is 29.7 Å². The van der Waals surface area contributed by atoms with Crippen molar-refractivity contribution >= 4 is 23.2 Å². The van der Waals surface area contributed by atoms with Crippen LogP contribution < -0.4 is 5.32 Å². The van der Waals surface area contributed by atoms with Gasteiger partial charge in [0.2, 0.25) is 0 Å². The predicted molar refractivity (Wildman–Crippen MR) is 89.3 cm³/mol. The van der Waals surface area contributed by atoms with Crippen LogP contribution in [0.4, 0.5) is 0 Å². The number of nitrogens with one attached hydrogen (secondary N) is 1. The van der Waals surface area contributed by atoms with Gasteiger partial charge in [0.15, 0.2) is 0 Å². The van der Waals surface area contributed by atoms with Crippen molar-refractivity contribution in [2.45, 2.75) is 39.3 Å². The molecule has 21 heavy (non-hydrogen) atoms. The van der Waals surface area contributed by atoms with Gasteiger partial charge in [-0.05, 0) is 44.0 Å². The lowest BCUT2D eigenvalue weighted by molar-refractivity contribution is 0.186. The van der Waals surface area contributed by atoms with Crippen molar-refractivity contribution in [3.8, 4) is 5.75 Å². The van der Waals surface area contributed by atoms with Gasteiger partial charge in [-0.2, -0.15) is 0 Å². The van der Waals surface area contributed by atoms with E-state index in [9.17, 15) is 5.11 Å². The van der Waals surface area contributed by atoms with Crippen LogP contribution in [-0.4, -0.2) is 35.7 Å². The van der Waals surface area contributed by atoms with Crippen molar-refractivity contribution in [3.63, 3.8) is 0 Å². The third-order valence-corrected chi connectivity index (χ3v) is 4.66. The molecule has 0 aromatic heterocycles. The maximum atomic E-state index is 9.97. The lowest BCUT2D eigenvalue weighted by Gasteiger charge is -2.31. The fraction of sp³-hybridized carbons (Fsp3) is 0.625. The number of benzene rings is 1. The summed E-state index contributed by atoms with van der Waals surface area (Å²) in [7, 11) is 0. The molecule has 0 bridgehead atoms. The van der Waals surface area contributed by atoms with Crippen LogP contribution in [-0.2, 0) is 6.54 Å². The monoisotopic (exact) mass is 330 g/mol. The number of nitrogens with zero attached hydrogens (tertiary/aromatic N) is 1. The van der Waals surface area contributed by atoms with Gasteiger partial charge in [0.05, 0.1) is 5.02 Å². The average Bonchev–Trinajstić information content (AvgIpc) is 2.93. The summed E-state index contributed by atoms with van der Waals surface area (Å²) in [5.41, 5.74) is 0.747. The first-order valence-electron chi connectivity index (χ1n) is 7.60. The zero-order chi connectivity index (χ0) is 15.4. The van der Waals surface area contributed by atoms with Crippen molar-refractivity contribution in [2.24, 2.45) is 5.92 Å². The van der Waals surface area contributed by atoms with Crippen LogP contribution in [0.5, 0.6) is 5.75 Å². The van der Waals surface area contributed by atoms with Crippen LogP contribution >= 0.6 is 23.2 Å². The summed E-state index contributed by atoms with van der Waals surface area (Å²) in [5.74, 6) is 0.725. The zero-order valence-corrected chi connectivity index (χ0v) is 14.2. The minimum Gasteiger partial charge on any atom is -0.506 e. The van der Waals surface area contributed by atoms with E-state index in [-0.39, 0.29) is 5.75 Å². The highest BCUT2D eigenvalue weighted by Crippen LogP contribution is 2.31. The Balaban J connectivity index is 1.93. The van der Waals surface area contributed by atoms with E-state index in [0.717, 1.165) is 12.1 Å². The van der Waals surface area contributed by atoms with E-state index < -0.39 is 0 Å². The molecule has 0 radical (unpaired) electrons. The Morgan fingerprint density at radius 3 is 2.52 bits per heavy atom. The van der Waals surface area contributed by atoms with Gasteiger partial charge in [-0.15, -0.1) is 0 Å². The first-order valence-corrected chi connectivity index (χ1v) is 8.36. The molecule has 2 rings (SSSR count). The van der Waals surface area contributed by atoms with Crippen LogP contribution in [0.2, 0.25) is 10.0 Å². The molecule has 1 heterocycles. The lowest BCUT2D eigenvalue weighted by Crippen LogP contribution is -2.44. The van der Waals surface area contributed by atoms with Crippen LogP contribution in [0.3, 0.4) is 0 Å². The highest BCUT2D eigenvalue weighted by molar-refractivity contribution is 6.35. The number of phenols is 1. The molecule has 1 saturated heterocycles. The fourth-order valence-corrected chi connectivity index (χ4v) is 3.50. The predicted octanol–water partition coefficient (Wildman–Crippen LogP) is 3.91. The average molecular weight is 331 g/mol. The van der Waals surface area contributed by atoms with Gasteiger partial charge in [0.25, 0.3) is 0 Å². The fourth-order valence-electron chi connectivity index (χ4n) is 2.97. The molecule has 1 aromatic rings. The first kappa shape index (κ1) is 16.9. The first-order chi connectivity index (χ1) is 9.99. The summed E-state index contributed by atoms with van der Waals surface area (Å²) in [6, 6.07) is 3.85. The SMILES string of the molecule is CC(C)C(CNCc1cc(Cl)cc(Cl)c1O)N1CCCC1. The summed E-state index contributed by atoms with van der Waals surface area (Å²) in [4.78, 5) is 2.56. The Kier molecular flexibility index (Phi) is 6.18. The molecule has 0 spiro atoms. The summed E-state index contributed by atoms with van der Waals surface area (Å²) in [5, 5.41) is 14.3. The molecule has 1 fully saturated rings. The van der Waals surface area contributed by atoms with E-state index in [4.69, 9.17) is 23.2 Å². The van der Waals surface area contributed by atoms with Gasteiger partial charge in [-0.1, -0.05) is 37.0 Å². The molecule has 2 N–H and O–H groups in total. The molecule has 3 nitrogen and oxygen atoms in total. The molecule has 1 aromatic carbocycles. The second kappa shape index (κ2) is 7.68. The maximum absolute atomic E-state index is 9.97. The molecular weight excluding hydrogens is 307 g/mol. The number of likely N-dealkylation sites (tertiary alicyclic amines) is 1. The third kappa shape index (κ3) is 4.49. The number of aromatic hydroxyl groups is 1. The standard InChI is InChI=1S/C16H24Cl2N2O/c1-11(2)15(20-5-3-4-6-20)10-19-9-12-7-13(17)8-14(18)16(12)21/h7-8,11,15,19,21H,3-6,9-10H2,1-2H3. The van der Waals surface area contributed by atoms with Crippen molar-refractivity contribution in [3.05, 3.63) is 27.7 Å². The summed E-state index contributed by atoms with van der Waals surface area (Å²) < 4.78 is 0. The summed E-state index contributed by atoms with van der Waals surface area (Å²) in [6.07, 6.45) is 2.60. The maximum Gasteiger partial charge on any atom is 0.138 e. The van der Waals surface area contributed by atoms with E-state index in [1.807, 2.05) is 0 Å². The topological polar surface area (TPSA) is 35.5 Å². The van der Waals surface area contributed by atoms with Crippen LogP contribution in [0, 0.1) is 5.92 Å². The molecule has 5 heteroatoms. The molecule has 1 atom stereocenters. The number of hydrogen-bond donors (Lipinski definition) is 2. The van der Waals surface area contributed by atoms with Crippen molar-refractivity contribution < 1.29 is 5.11 Å². The van der Waals surface area contributed by atoms with E-state index in [1.165, 1.54) is 25.9 Å². The lowest BCUT2D eigenvalue weighted by atomic mass is 10.0. The van der Waals surface area contributed by atoms with E-state index in [0.29, 0.717) is 28.5 Å². The summed E-state index contributed by atoms with van der Waals surface area (Å²) >= 11 is 11.9. The highest BCUT2D eigenvalue weighted by Gasteiger charge is 2.24. The van der Waals surface area contributed by atoms with Gasteiger partial charge < -0.3 is 10.4 Å². The van der Waals surface area contributed by atoms with E-state index in [2.05, 4.69) is 24.1 Å². The van der Waals surface area contributed by atoms with Crippen molar-refractivity contribution in [1.82, 2.24) is 10.2 Å². The molecule has 1 aliphatic rings. The Labute approximate surface area is 137 Å². The van der Waals surface area contributed by atoms with E-state index in [1.54, 1.807) is 12.1 Å². The van der Waals surface area contributed by atoms with Crippen LogP contribution in [0.15, 0.2) is 12.1 Å². The molecule has 0 saturated carbocycles. The minimum atomic E-state index is 0.121. The minimum absolute atomic E-state index is 0.121. The zero-order valence-electron chi connectivity index (χ0n) is 12.7. The van der Waals surface area contributed by atoms with Gasteiger partial charge >= 0.3 is 0 Å². The second-order valence-corrected chi connectivity index (χ2v) is 6.92. The Hall–Kier alpha value is -0.480. The van der Waals surface area contributed by atoms with Gasteiger partial charge in [-0.25, -0.2) is 0 Å². The normalized spacial score (nSPS) is 17.6. The number of hydrogen-bond acceptors (Lipinski definition) is 3. The largest absolute Gasteiger partial charge is 0.506 e. The Bertz CT molecular complexity index is 474. The van der Waals surface area contributed by atoms with Crippen LogP contribution in [0.25, 0.3) is 0 Å². The second-order valence-electron chi connectivity index (χ2n) is 6.08. The van der Waals surface area contributed by atoms with Gasteiger partial charge in [0.1, 0.15) is 5.75 Å². The smallest absolute Gasteiger partial charge is 0.138 e. The third-order valence-electron chi connectivity index (χ3n) is 4.16. The molecule has 0 aliphatic carbocycles. The Morgan fingerprint density at radius 2 is 1.90 bits per heavy atom. The van der Waals surface area contributed by atoms with Crippen molar-refractivity contribution in [1.29, 1.82) is 0 Å². The molecule has 0 amide bonds. The molecule has 118 valence electrons.